The van der Waals surface area contributed by atoms with Gasteiger partial charge in [0.1, 0.15) is 5.75 Å². The maximum atomic E-state index is 13.8. The van der Waals surface area contributed by atoms with Crippen molar-refractivity contribution in [1.29, 1.82) is 0 Å². The van der Waals surface area contributed by atoms with Crippen LogP contribution in [0.1, 0.15) is 0 Å². The Kier molecular flexibility index (Phi) is 3.87. The molecule has 0 bridgehead atoms. The van der Waals surface area contributed by atoms with Crippen molar-refractivity contribution in [3.8, 4) is 5.75 Å². The van der Waals surface area contributed by atoms with Gasteiger partial charge in [-0.3, -0.25) is 9.52 Å². The Morgan fingerprint density at radius 2 is 2.04 bits per heavy atom. The third kappa shape index (κ3) is 3.08. The molecule has 23 heavy (non-hydrogen) atoms. The number of fused-ring (bicyclic) bond motifs is 1. The fraction of sp³-hybridized carbons (Fsp3) is 0.0714. The Labute approximate surface area is 136 Å². The van der Waals surface area contributed by atoms with Crippen LogP contribution in [0.5, 0.6) is 5.75 Å². The van der Waals surface area contributed by atoms with Crippen molar-refractivity contribution in [3.63, 3.8) is 0 Å². The number of hydrogen-bond donors (Lipinski definition) is 2. The van der Waals surface area contributed by atoms with Crippen LogP contribution in [0.25, 0.3) is 0 Å². The Morgan fingerprint density at radius 3 is 2.83 bits per heavy atom. The predicted octanol–water partition coefficient (Wildman–Crippen LogP) is 2.61. The molecule has 1 heterocycles. The first kappa shape index (κ1) is 15.6. The Balaban J connectivity index is 1.95. The van der Waals surface area contributed by atoms with Gasteiger partial charge in [0.15, 0.2) is 12.4 Å². The van der Waals surface area contributed by atoms with Gasteiger partial charge in [-0.05, 0) is 30.3 Å². The second-order valence-electron chi connectivity index (χ2n) is 4.70. The first-order valence-corrected chi connectivity index (χ1v) is 8.26. The highest BCUT2D eigenvalue weighted by Gasteiger charge is 2.22. The minimum absolute atomic E-state index is 0.134. The third-order valence-corrected chi connectivity index (χ3v) is 4.75. The van der Waals surface area contributed by atoms with Crippen LogP contribution in [0.15, 0.2) is 41.3 Å². The van der Waals surface area contributed by atoms with Crippen molar-refractivity contribution in [3.05, 3.63) is 47.2 Å². The largest absolute Gasteiger partial charge is 0.482 e. The van der Waals surface area contributed by atoms with Crippen LogP contribution in [0.4, 0.5) is 15.8 Å². The van der Waals surface area contributed by atoms with Gasteiger partial charge in [-0.1, -0.05) is 17.7 Å². The molecule has 120 valence electrons. The van der Waals surface area contributed by atoms with E-state index in [0.29, 0.717) is 5.75 Å². The Hall–Kier alpha value is -2.32. The number of hydrogen-bond acceptors (Lipinski definition) is 4. The molecule has 0 unspecified atom stereocenters. The highest BCUT2D eigenvalue weighted by atomic mass is 35.5. The van der Waals surface area contributed by atoms with Crippen LogP contribution in [0.3, 0.4) is 0 Å². The normalized spacial score (nSPS) is 13.7. The molecule has 0 saturated carbocycles. The zero-order valence-electron chi connectivity index (χ0n) is 11.5. The summed E-state index contributed by atoms with van der Waals surface area (Å²) in [4.78, 5) is 11.1. The van der Waals surface area contributed by atoms with E-state index in [2.05, 4.69) is 10.0 Å². The number of carbonyl (C=O) groups is 1. The molecular formula is C14H10ClFN2O4S. The van der Waals surface area contributed by atoms with E-state index >= 15 is 0 Å². The minimum atomic E-state index is -4.06. The topological polar surface area (TPSA) is 84.5 Å². The van der Waals surface area contributed by atoms with Crippen LogP contribution >= 0.6 is 11.6 Å². The summed E-state index contributed by atoms with van der Waals surface area (Å²) in [5, 5.41) is 2.31. The van der Waals surface area contributed by atoms with E-state index in [9.17, 15) is 17.6 Å². The van der Waals surface area contributed by atoms with E-state index in [1.807, 2.05) is 0 Å². The number of rotatable bonds is 3. The van der Waals surface area contributed by atoms with Crippen LogP contribution < -0.4 is 14.8 Å². The van der Waals surface area contributed by atoms with Crippen molar-refractivity contribution in [2.45, 2.75) is 4.90 Å². The quantitative estimate of drug-likeness (QED) is 0.885. The highest BCUT2D eigenvalue weighted by molar-refractivity contribution is 7.92. The van der Waals surface area contributed by atoms with Crippen molar-refractivity contribution in [1.82, 2.24) is 0 Å². The standard InChI is InChI=1S/C14H10ClFN2O4S/c15-9-2-1-3-10(14(9)16)18-23(20,21)8-4-5-12-11(6-8)17-13(19)7-22-12/h1-6,18H,7H2,(H,17,19). The van der Waals surface area contributed by atoms with Gasteiger partial charge in [-0.25, -0.2) is 12.8 Å². The summed E-state index contributed by atoms with van der Waals surface area (Å²) in [6.45, 7) is -0.134. The number of sulfonamides is 1. The second kappa shape index (κ2) is 5.71. The molecule has 1 aliphatic rings. The lowest BCUT2D eigenvalue weighted by molar-refractivity contribution is -0.118. The Bertz CT molecular complexity index is 902. The van der Waals surface area contributed by atoms with E-state index in [4.69, 9.17) is 16.3 Å². The zero-order chi connectivity index (χ0) is 16.6. The Morgan fingerprint density at radius 1 is 1.26 bits per heavy atom. The van der Waals surface area contributed by atoms with Gasteiger partial charge in [0, 0.05) is 0 Å². The van der Waals surface area contributed by atoms with Crippen molar-refractivity contribution in [2.24, 2.45) is 0 Å². The first-order chi connectivity index (χ1) is 10.9. The molecule has 1 aliphatic heterocycles. The number of halogens is 2. The molecule has 0 aromatic heterocycles. The van der Waals surface area contributed by atoms with Crippen LogP contribution in [0, 0.1) is 5.82 Å². The molecule has 6 nitrogen and oxygen atoms in total. The highest BCUT2D eigenvalue weighted by Crippen LogP contribution is 2.31. The molecule has 0 saturated heterocycles. The van der Waals surface area contributed by atoms with E-state index < -0.39 is 15.8 Å². The van der Waals surface area contributed by atoms with E-state index in [0.717, 1.165) is 0 Å². The lowest BCUT2D eigenvalue weighted by Crippen LogP contribution is -2.25. The van der Waals surface area contributed by atoms with Crippen LogP contribution in [-0.4, -0.2) is 20.9 Å². The van der Waals surface area contributed by atoms with Gasteiger partial charge in [0.2, 0.25) is 0 Å². The molecule has 0 fully saturated rings. The SMILES string of the molecule is O=C1COc2ccc(S(=O)(=O)Nc3cccc(Cl)c3F)cc2N1. The molecule has 0 spiro atoms. The third-order valence-electron chi connectivity index (χ3n) is 3.09. The van der Waals surface area contributed by atoms with E-state index in [1.165, 1.54) is 36.4 Å². The molecule has 9 heteroatoms. The molecule has 2 N–H and O–H groups in total. The summed E-state index contributed by atoms with van der Waals surface area (Å²) in [6, 6.07) is 7.92. The summed E-state index contributed by atoms with van der Waals surface area (Å²) < 4.78 is 45.8. The molecule has 2 aromatic rings. The molecule has 0 atom stereocenters. The fourth-order valence-corrected chi connectivity index (χ4v) is 3.28. The lowest BCUT2D eigenvalue weighted by Gasteiger charge is -2.18. The zero-order valence-corrected chi connectivity index (χ0v) is 13.0. The summed E-state index contributed by atoms with van der Waals surface area (Å²) in [6.07, 6.45) is 0. The van der Waals surface area contributed by atoms with Crippen molar-refractivity contribution in [2.75, 3.05) is 16.6 Å². The summed E-state index contributed by atoms with van der Waals surface area (Å²) in [5.74, 6) is -0.897. The second-order valence-corrected chi connectivity index (χ2v) is 6.79. The molecule has 0 aliphatic carbocycles. The predicted molar refractivity (Wildman–Crippen MR) is 82.8 cm³/mol. The van der Waals surface area contributed by atoms with Gasteiger partial charge >= 0.3 is 0 Å². The monoisotopic (exact) mass is 356 g/mol. The number of nitrogens with one attached hydrogen (secondary N) is 2. The maximum Gasteiger partial charge on any atom is 0.262 e. The van der Waals surface area contributed by atoms with Crippen molar-refractivity contribution >= 4 is 38.9 Å². The summed E-state index contributed by atoms with van der Waals surface area (Å²) in [5.41, 5.74) is -0.0359. The maximum absolute atomic E-state index is 13.8. The van der Waals surface area contributed by atoms with Crippen LogP contribution in [0.2, 0.25) is 5.02 Å². The number of anilines is 2. The summed E-state index contributed by atoms with van der Waals surface area (Å²) >= 11 is 5.63. The van der Waals surface area contributed by atoms with Gasteiger partial charge in [0.05, 0.1) is 21.3 Å². The smallest absolute Gasteiger partial charge is 0.262 e. The van der Waals surface area contributed by atoms with Gasteiger partial charge in [0.25, 0.3) is 15.9 Å². The molecule has 2 aromatic carbocycles. The number of benzene rings is 2. The van der Waals surface area contributed by atoms with Gasteiger partial charge in [-0.15, -0.1) is 0 Å². The lowest BCUT2D eigenvalue weighted by atomic mass is 10.2. The van der Waals surface area contributed by atoms with E-state index in [-0.39, 0.29) is 33.8 Å². The minimum Gasteiger partial charge on any atom is -0.482 e. The molecule has 3 rings (SSSR count). The van der Waals surface area contributed by atoms with E-state index in [1.54, 1.807) is 0 Å². The van der Waals surface area contributed by atoms with Gasteiger partial charge < -0.3 is 10.1 Å². The molecule has 1 amide bonds. The number of carbonyl (C=O) groups excluding carboxylic acids is 1. The van der Waals surface area contributed by atoms with Crippen molar-refractivity contribution < 1.29 is 22.3 Å². The average molecular weight is 357 g/mol. The number of amides is 1. The molecular weight excluding hydrogens is 347 g/mol. The molecule has 0 radical (unpaired) electrons. The summed E-state index contributed by atoms with van der Waals surface area (Å²) in [7, 11) is -4.06. The average Bonchev–Trinajstić information content (AvgIpc) is 2.51. The number of ether oxygens (including phenoxy) is 1. The first-order valence-electron chi connectivity index (χ1n) is 6.40. The fourth-order valence-electron chi connectivity index (χ4n) is 2.02. The van der Waals surface area contributed by atoms with Gasteiger partial charge in [-0.2, -0.15) is 0 Å². The van der Waals surface area contributed by atoms with Crippen LogP contribution in [-0.2, 0) is 14.8 Å².